The number of nitrogens with zero attached hydrogens (tertiary/aromatic N) is 4. The molecule has 5 rings (SSSR count). The van der Waals surface area contributed by atoms with Crippen LogP contribution in [0.1, 0.15) is 12.5 Å². The van der Waals surface area contributed by atoms with E-state index in [-0.39, 0.29) is 24.1 Å². The Bertz CT molecular complexity index is 1500. The van der Waals surface area contributed by atoms with Crippen molar-refractivity contribution < 1.29 is 26.7 Å². The van der Waals surface area contributed by atoms with Crippen LogP contribution < -0.4 is 10.2 Å². The summed E-state index contributed by atoms with van der Waals surface area (Å²) in [4.78, 5) is 16.3. The zero-order chi connectivity index (χ0) is 27.0. The first-order valence-corrected chi connectivity index (χ1v) is 11.8. The first-order valence-electron chi connectivity index (χ1n) is 11.8. The Morgan fingerprint density at radius 2 is 1.64 bits per heavy atom. The molecule has 2 amide bonds. The lowest BCUT2D eigenvalue weighted by Gasteiger charge is -2.40. The summed E-state index contributed by atoms with van der Waals surface area (Å²) in [5.74, 6) is -1.01. The highest BCUT2D eigenvalue weighted by molar-refractivity contribution is 6.00. The van der Waals surface area contributed by atoms with Crippen LogP contribution in [0.5, 0.6) is 0 Å². The molecule has 12 heteroatoms. The van der Waals surface area contributed by atoms with Crippen molar-refractivity contribution in [2.24, 2.45) is 0 Å². The fourth-order valence-corrected chi connectivity index (χ4v) is 4.58. The van der Waals surface area contributed by atoms with Gasteiger partial charge in [0.2, 0.25) is 0 Å². The predicted octanol–water partition coefficient (Wildman–Crippen LogP) is 6.76. The third-order valence-corrected chi connectivity index (χ3v) is 6.51. The molecule has 1 aliphatic heterocycles. The van der Waals surface area contributed by atoms with E-state index in [0.29, 0.717) is 42.8 Å². The second kappa shape index (κ2) is 11.0. The van der Waals surface area contributed by atoms with E-state index in [0.717, 1.165) is 29.0 Å². The molecule has 4 aromatic rings. The van der Waals surface area contributed by atoms with E-state index in [1.165, 1.54) is 18.2 Å². The number of fused-ring (bicyclic) bond motifs is 1. The Hall–Kier alpha value is -3.99. The number of carbonyl (C=O) groups excluding carboxylic acids is 1. The number of benzene rings is 3. The second-order valence-corrected chi connectivity index (χ2v) is 9.04. The van der Waals surface area contributed by atoms with Crippen LogP contribution >= 0.6 is 12.4 Å². The van der Waals surface area contributed by atoms with E-state index in [9.17, 15) is 26.7 Å². The number of hydrogen-bond acceptors (Lipinski definition) is 4. The summed E-state index contributed by atoms with van der Waals surface area (Å²) in [6, 6.07) is 14.3. The van der Waals surface area contributed by atoms with E-state index in [2.05, 4.69) is 15.5 Å². The average molecular weight is 564 g/mol. The van der Waals surface area contributed by atoms with Crippen molar-refractivity contribution >= 4 is 40.7 Å². The number of halogens is 6. The molecule has 0 radical (unpaired) electrons. The van der Waals surface area contributed by atoms with Crippen LogP contribution in [0.3, 0.4) is 0 Å². The van der Waals surface area contributed by atoms with Crippen LogP contribution in [0, 0.1) is 11.6 Å². The molecule has 6 nitrogen and oxygen atoms in total. The molecule has 1 N–H and O–H groups in total. The lowest BCUT2D eigenvalue weighted by atomic mass is 10.0. The maximum atomic E-state index is 14.0. The number of amides is 2. The van der Waals surface area contributed by atoms with Gasteiger partial charge in [-0.05, 0) is 31.2 Å². The molecule has 1 aliphatic rings. The van der Waals surface area contributed by atoms with Gasteiger partial charge in [0, 0.05) is 48.1 Å². The highest BCUT2D eigenvalue weighted by atomic mass is 35.5. The molecule has 1 aromatic heterocycles. The van der Waals surface area contributed by atoms with Crippen molar-refractivity contribution in [1.82, 2.24) is 15.1 Å². The maximum Gasteiger partial charge on any atom is 0.416 e. The Morgan fingerprint density at radius 3 is 2.28 bits per heavy atom. The molecule has 204 valence electrons. The standard InChI is InChI=1S/C27H22F5N5O.ClH/c1-16-15-36(12-13-37(16)26(38)33-23-11-10-19(28)14-22(23)29)25-21-5-3-2-4-20(21)24(34-35-25)17-6-8-18(9-7-17)27(30,31)32;/h2-11,14,16H,12-13,15H2,1H3,(H,33,38);1H. The van der Waals surface area contributed by atoms with Crippen molar-refractivity contribution in [3.63, 3.8) is 0 Å². The van der Waals surface area contributed by atoms with E-state index < -0.39 is 29.4 Å². The lowest BCUT2D eigenvalue weighted by molar-refractivity contribution is -0.137. The number of nitrogens with one attached hydrogen (secondary N) is 1. The van der Waals surface area contributed by atoms with Crippen LogP contribution in [0.15, 0.2) is 66.7 Å². The number of anilines is 2. The van der Waals surface area contributed by atoms with Crippen LogP contribution in [-0.2, 0) is 6.18 Å². The summed E-state index contributed by atoms with van der Waals surface area (Å²) in [5, 5.41) is 12.8. The molecule has 0 saturated carbocycles. The molecule has 2 heterocycles. The molecule has 0 aliphatic carbocycles. The summed E-state index contributed by atoms with van der Waals surface area (Å²) in [7, 11) is 0. The molecule has 1 fully saturated rings. The zero-order valence-electron chi connectivity index (χ0n) is 20.5. The third-order valence-electron chi connectivity index (χ3n) is 6.51. The summed E-state index contributed by atoms with van der Waals surface area (Å²) in [6.07, 6.45) is -4.43. The van der Waals surface area contributed by atoms with Crippen LogP contribution in [0.4, 0.5) is 38.3 Å². The van der Waals surface area contributed by atoms with Crippen LogP contribution in [0.25, 0.3) is 22.0 Å². The Labute approximate surface area is 226 Å². The van der Waals surface area contributed by atoms with Crippen LogP contribution in [-0.4, -0.2) is 46.8 Å². The van der Waals surface area contributed by atoms with Crippen molar-refractivity contribution in [1.29, 1.82) is 0 Å². The highest BCUT2D eigenvalue weighted by Crippen LogP contribution is 2.35. The first kappa shape index (κ1) is 28.0. The van der Waals surface area contributed by atoms with Gasteiger partial charge in [-0.2, -0.15) is 13.2 Å². The molecule has 1 saturated heterocycles. The quantitative estimate of drug-likeness (QED) is 0.280. The number of rotatable bonds is 3. The second-order valence-electron chi connectivity index (χ2n) is 9.04. The van der Waals surface area contributed by atoms with Gasteiger partial charge in [0.1, 0.15) is 17.3 Å². The summed E-state index contributed by atoms with van der Waals surface area (Å²) in [5.41, 5.74) is 0.122. The van der Waals surface area contributed by atoms with Gasteiger partial charge in [-0.25, -0.2) is 13.6 Å². The fourth-order valence-electron chi connectivity index (χ4n) is 4.58. The molecule has 1 atom stereocenters. The van der Waals surface area contributed by atoms with Crippen LogP contribution in [0.2, 0.25) is 0 Å². The molecule has 39 heavy (non-hydrogen) atoms. The minimum absolute atomic E-state index is 0. The minimum Gasteiger partial charge on any atom is -0.351 e. The van der Waals surface area contributed by atoms with Gasteiger partial charge in [0.15, 0.2) is 5.82 Å². The highest BCUT2D eigenvalue weighted by Gasteiger charge is 2.31. The monoisotopic (exact) mass is 563 g/mol. The van der Waals surface area contributed by atoms with Gasteiger partial charge in [-0.15, -0.1) is 22.6 Å². The van der Waals surface area contributed by atoms with E-state index in [1.807, 2.05) is 36.1 Å². The van der Waals surface area contributed by atoms with Gasteiger partial charge < -0.3 is 15.1 Å². The largest absolute Gasteiger partial charge is 0.416 e. The Balaban J connectivity index is 0.00000353. The van der Waals surface area contributed by atoms with E-state index >= 15 is 0 Å². The smallest absolute Gasteiger partial charge is 0.351 e. The number of carbonyl (C=O) groups is 1. The van der Waals surface area contributed by atoms with Crippen molar-refractivity contribution in [3.05, 3.63) is 83.9 Å². The van der Waals surface area contributed by atoms with Gasteiger partial charge >= 0.3 is 12.2 Å². The number of aromatic nitrogens is 2. The molecule has 3 aromatic carbocycles. The van der Waals surface area contributed by atoms with Gasteiger partial charge in [0.05, 0.1) is 11.3 Å². The lowest BCUT2D eigenvalue weighted by Crippen LogP contribution is -2.55. The molecular weight excluding hydrogens is 541 g/mol. The number of alkyl halides is 3. The van der Waals surface area contributed by atoms with E-state index in [4.69, 9.17) is 0 Å². The van der Waals surface area contributed by atoms with Crippen molar-refractivity contribution in [3.8, 4) is 11.3 Å². The van der Waals surface area contributed by atoms with E-state index in [1.54, 1.807) is 4.90 Å². The fraction of sp³-hybridized carbons (Fsp3) is 0.222. The van der Waals surface area contributed by atoms with Gasteiger partial charge in [-0.3, -0.25) is 0 Å². The molecule has 0 bridgehead atoms. The maximum absolute atomic E-state index is 14.0. The Morgan fingerprint density at radius 1 is 0.949 bits per heavy atom. The topological polar surface area (TPSA) is 61.4 Å². The molecule has 1 unspecified atom stereocenters. The molecular formula is C27H23ClF5N5O. The summed E-state index contributed by atoms with van der Waals surface area (Å²) in [6.45, 7) is 2.99. The predicted molar refractivity (Wildman–Crippen MR) is 141 cm³/mol. The van der Waals surface area contributed by atoms with Crippen molar-refractivity contribution in [2.75, 3.05) is 29.9 Å². The van der Waals surface area contributed by atoms with Gasteiger partial charge in [0.25, 0.3) is 0 Å². The van der Waals surface area contributed by atoms with Gasteiger partial charge in [-0.1, -0.05) is 36.4 Å². The Kier molecular flexibility index (Phi) is 7.91. The first-order chi connectivity index (χ1) is 18.1. The number of hydrogen-bond donors (Lipinski definition) is 1. The number of piperazine rings is 1. The van der Waals surface area contributed by atoms with Crippen molar-refractivity contribution in [2.45, 2.75) is 19.1 Å². The summed E-state index contributed by atoms with van der Waals surface area (Å²) < 4.78 is 66.1. The third kappa shape index (κ3) is 5.73. The summed E-state index contributed by atoms with van der Waals surface area (Å²) >= 11 is 0. The normalized spacial score (nSPS) is 15.7. The number of urea groups is 1. The average Bonchev–Trinajstić information content (AvgIpc) is 2.89. The molecule has 0 spiro atoms. The zero-order valence-corrected chi connectivity index (χ0v) is 21.4. The minimum atomic E-state index is -4.43. The SMILES string of the molecule is CC1CN(c2nnc(-c3ccc(C(F)(F)F)cc3)c3ccccc23)CCN1C(=O)Nc1ccc(F)cc1F.Cl.